The van der Waals surface area contributed by atoms with E-state index in [2.05, 4.69) is 67.9 Å². The summed E-state index contributed by atoms with van der Waals surface area (Å²) in [7, 11) is 0. The first-order valence-corrected chi connectivity index (χ1v) is 14.5. The molecule has 0 radical (unpaired) electrons. The van der Waals surface area contributed by atoms with Crippen molar-refractivity contribution in [2.75, 3.05) is 13.1 Å². The van der Waals surface area contributed by atoms with Crippen molar-refractivity contribution in [2.24, 2.45) is 23.2 Å². The Labute approximate surface area is 231 Å². The Morgan fingerprint density at radius 2 is 1.85 bits per heavy atom. The number of rotatable bonds is 10. The monoisotopic (exact) mass is 544 g/mol. The first kappa shape index (κ1) is 29.6. The Morgan fingerprint density at radius 3 is 2.51 bits per heavy atom. The summed E-state index contributed by atoms with van der Waals surface area (Å²) in [4.78, 5) is 2.68. The van der Waals surface area contributed by atoms with Crippen LogP contribution in [0, 0.1) is 29.0 Å². The van der Waals surface area contributed by atoms with E-state index in [-0.39, 0.29) is 17.5 Å². The number of halogens is 4. The number of likely N-dealkylation sites (tertiary alicyclic amines) is 1. The quantitative estimate of drug-likeness (QED) is 0.301. The van der Waals surface area contributed by atoms with Crippen molar-refractivity contribution >= 4 is 0 Å². The van der Waals surface area contributed by atoms with Crippen molar-refractivity contribution in [3.05, 3.63) is 83.3 Å². The minimum atomic E-state index is -4.57. The van der Waals surface area contributed by atoms with Crippen LogP contribution in [0.3, 0.4) is 0 Å². The van der Waals surface area contributed by atoms with Gasteiger partial charge in [-0.2, -0.15) is 13.2 Å². The van der Waals surface area contributed by atoms with Gasteiger partial charge in [-0.1, -0.05) is 57.7 Å². The van der Waals surface area contributed by atoms with Gasteiger partial charge in [-0.05, 0) is 98.6 Å². The van der Waals surface area contributed by atoms with E-state index in [1.165, 1.54) is 24.5 Å². The minimum absolute atomic E-state index is 0.105. The van der Waals surface area contributed by atoms with Crippen LogP contribution in [0.25, 0.3) is 0 Å². The molecule has 1 saturated heterocycles. The lowest BCUT2D eigenvalue weighted by Gasteiger charge is -2.41. The maximum Gasteiger partial charge on any atom is 0.416 e. The lowest BCUT2D eigenvalue weighted by molar-refractivity contribution is -0.137. The second-order valence-electron chi connectivity index (χ2n) is 12.5. The summed E-state index contributed by atoms with van der Waals surface area (Å²) in [5.41, 5.74) is 1.52. The van der Waals surface area contributed by atoms with Gasteiger partial charge in [0.05, 0.1) is 5.56 Å². The van der Waals surface area contributed by atoms with Gasteiger partial charge in [0.2, 0.25) is 0 Å². The van der Waals surface area contributed by atoms with Crippen molar-refractivity contribution in [3.8, 4) is 0 Å². The van der Waals surface area contributed by atoms with Crippen molar-refractivity contribution in [1.29, 1.82) is 0 Å². The van der Waals surface area contributed by atoms with Gasteiger partial charge in [0.25, 0.3) is 0 Å². The summed E-state index contributed by atoms with van der Waals surface area (Å²) < 4.78 is 53.5. The molecule has 1 N–H and O–H groups in total. The molecule has 2 nitrogen and oxygen atoms in total. The molecule has 1 saturated carbocycles. The predicted molar refractivity (Wildman–Crippen MR) is 151 cm³/mol. The fourth-order valence-electron chi connectivity index (χ4n) is 7.07. The van der Waals surface area contributed by atoms with Crippen molar-refractivity contribution in [1.82, 2.24) is 10.2 Å². The zero-order chi connectivity index (χ0) is 28.2. The van der Waals surface area contributed by atoms with Crippen LogP contribution < -0.4 is 5.32 Å². The molecule has 2 fully saturated rings. The van der Waals surface area contributed by atoms with E-state index in [0.29, 0.717) is 23.9 Å². The number of aryl methyl sites for hydroxylation is 1. The molecule has 1 aliphatic heterocycles. The molecular weight excluding hydrogens is 500 g/mol. The van der Waals surface area contributed by atoms with Gasteiger partial charge < -0.3 is 10.2 Å². The number of benzene rings is 2. The number of piperidine rings is 1. The number of nitrogens with zero attached hydrogens (tertiary/aromatic N) is 1. The summed E-state index contributed by atoms with van der Waals surface area (Å²) in [6.45, 7) is 13.6. The van der Waals surface area contributed by atoms with Crippen LogP contribution in [-0.4, -0.2) is 24.0 Å². The van der Waals surface area contributed by atoms with E-state index in [0.717, 1.165) is 62.9 Å². The Hall–Kier alpha value is -2.34. The van der Waals surface area contributed by atoms with Crippen LogP contribution in [0.5, 0.6) is 0 Å². The number of allylic oxidation sites excluding steroid dienone is 1. The molecular formula is C33H44F4N2. The van der Waals surface area contributed by atoms with Crippen molar-refractivity contribution < 1.29 is 17.6 Å². The maximum absolute atomic E-state index is 13.9. The lowest BCUT2D eigenvalue weighted by Crippen LogP contribution is -2.45. The molecule has 1 aliphatic carbocycles. The summed E-state index contributed by atoms with van der Waals surface area (Å²) >= 11 is 0. The van der Waals surface area contributed by atoms with E-state index in [4.69, 9.17) is 0 Å². The fourth-order valence-corrected chi connectivity index (χ4v) is 7.07. The van der Waals surface area contributed by atoms with Gasteiger partial charge in [-0.3, -0.25) is 0 Å². The molecule has 4 rings (SSSR count). The van der Waals surface area contributed by atoms with Crippen LogP contribution >= 0.6 is 0 Å². The molecule has 214 valence electrons. The van der Waals surface area contributed by atoms with Crippen LogP contribution in [0.4, 0.5) is 17.6 Å². The summed E-state index contributed by atoms with van der Waals surface area (Å²) in [5, 5.41) is 3.32. The molecule has 0 amide bonds. The molecule has 0 bridgehead atoms. The number of hydrogen-bond donors (Lipinski definition) is 1. The number of alkyl halides is 3. The van der Waals surface area contributed by atoms with E-state index in [1.54, 1.807) is 0 Å². The number of nitrogens with one attached hydrogen (secondary N) is 1. The zero-order valence-electron chi connectivity index (χ0n) is 23.7. The molecule has 1 heterocycles. The molecule has 6 heteroatoms. The van der Waals surface area contributed by atoms with E-state index >= 15 is 0 Å². The van der Waals surface area contributed by atoms with Gasteiger partial charge in [-0.25, -0.2) is 4.39 Å². The number of hydrogen-bond acceptors (Lipinski definition) is 2. The topological polar surface area (TPSA) is 15.3 Å². The third-order valence-corrected chi connectivity index (χ3v) is 9.09. The summed E-state index contributed by atoms with van der Waals surface area (Å²) in [6.07, 6.45) is 3.13. The Morgan fingerprint density at radius 1 is 1.10 bits per heavy atom. The third-order valence-electron chi connectivity index (χ3n) is 9.09. The molecule has 39 heavy (non-hydrogen) atoms. The van der Waals surface area contributed by atoms with Gasteiger partial charge in [0.15, 0.2) is 0 Å². The van der Waals surface area contributed by atoms with E-state index < -0.39 is 17.6 Å². The fraction of sp³-hybridized carbons (Fsp3) is 0.576. The molecule has 2 aromatic carbocycles. The normalized spacial score (nSPS) is 26.2. The lowest BCUT2D eigenvalue weighted by atomic mass is 9.75. The maximum atomic E-state index is 13.9. The Kier molecular flexibility index (Phi) is 9.46. The molecule has 4 atom stereocenters. The average molecular weight is 545 g/mol. The average Bonchev–Trinajstić information content (AvgIpc) is 3.31. The van der Waals surface area contributed by atoms with E-state index in [9.17, 15) is 17.6 Å². The van der Waals surface area contributed by atoms with Gasteiger partial charge in [0.1, 0.15) is 5.82 Å². The second kappa shape index (κ2) is 12.4. The SMILES string of the molecule is C=C(NCc1cc(F)cc(C(F)(F)F)c1)C1(CC(C)C)CCC(N2CC[C@@H](CCc3ccccc3)C(C)C2)C1. The minimum Gasteiger partial charge on any atom is -0.384 e. The molecule has 3 unspecified atom stereocenters. The van der Waals surface area contributed by atoms with Crippen LogP contribution in [0.1, 0.15) is 76.0 Å². The molecule has 0 spiro atoms. The van der Waals surface area contributed by atoms with Gasteiger partial charge in [-0.15, -0.1) is 0 Å². The first-order chi connectivity index (χ1) is 18.4. The smallest absolute Gasteiger partial charge is 0.384 e. The van der Waals surface area contributed by atoms with E-state index in [1.807, 2.05) is 0 Å². The van der Waals surface area contributed by atoms with Crippen LogP contribution in [0.15, 0.2) is 60.8 Å². The highest BCUT2D eigenvalue weighted by atomic mass is 19.4. The highest BCUT2D eigenvalue weighted by molar-refractivity contribution is 5.27. The summed E-state index contributed by atoms with van der Waals surface area (Å²) in [6, 6.07) is 14.0. The highest BCUT2D eigenvalue weighted by Gasteiger charge is 2.44. The first-order valence-electron chi connectivity index (χ1n) is 14.5. The Bertz CT molecular complexity index is 1100. The predicted octanol–water partition coefficient (Wildman–Crippen LogP) is 8.62. The van der Waals surface area contributed by atoms with Gasteiger partial charge >= 0.3 is 6.18 Å². The van der Waals surface area contributed by atoms with Crippen molar-refractivity contribution in [3.63, 3.8) is 0 Å². The molecule has 2 aliphatic rings. The van der Waals surface area contributed by atoms with Crippen molar-refractivity contribution in [2.45, 2.75) is 84.5 Å². The standard InChI is InChI=1S/C33H44F4N2/c1-23(2)19-32(25(4)38-21-27-16-29(33(35,36)37)18-30(34)17-27)14-12-31(20-32)39-15-13-28(24(3)22-39)11-10-26-8-6-5-7-9-26/h5-9,16-18,23-24,28,31,38H,4,10-15,19-22H2,1-3H3/t24?,28-,31?,32?/m1/s1. The molecule has 0 aromatic heterocycles. The molecule has 2 aromatic rings. The summed E-state index contributed by atoms with van der Waals surface area (Å²) in [5.74, 6) is 0.995. The Balaban J connectivity index is 1.36. The largest absolute Gasteiger partial charge is 0.416 e. The van der Waals surface area contributed by atoms with Crippen LogP contribution in [0.2, 0.25) is 0 Å². The third kappa shape index (κ3) is 7.65. The van der Waals surface area contributed by atoms with Crippen LogP contribution in [-0.2, 0) is 19.1 Å². The highest BCUT2D eigenvalue weighted by Crippen LogP contribution is 2.49. The van der Waals surface area contributed by atoms with Gasteiger partial charge in [0, 0.05) is 30.2 Å². The zero-order valence-corrected chi connectivity index (χ0v) is 23.7. The second-order valence-corrected chi connectivity index (χ2v) is 12.5.